The van der Waals surface area contributed by atoms with Crippen molar-refractivity contribution in [2.24, 2.45) is 0 Å². The van der Waals surface area contributed by atoms with E-state index < -0.39 is 6.10 Å². The highest BCUT2D eigenvalue weighted by atomic mass is 16.6. The molecule has 0 saturated heterocycles. The molecule has 0 rings (SSSR count). The Morgan fingerprint density at radius 1 is 0.393 bits per heavy atom. The van der Waals surface area contributed by atoms with Crippen LogP contribution in [0.2, 0.25) is 0 Å². The Hall–Kier alpha value is -2.14. The van der Waals surface area contributed by atoms with Gasteiger partial charge in [-0.3, -0.25) is 9.59 Å². The van der Waals surface area contributed by atoms with Crippen molar-refractivity contribution in [2.45, 2.75) is 245 Å². The van der Waals surface area contributed by atoms with Crippen LogP contribution in [0.15, 0.2) is 48.6 Å². The van der Waals surface area contributed by atoms with Gasteiger partial charge in [-0.15, -0.1) is 0 Å². The monoisotopic (exact) mass is 785 g/mol. The summed E-state index contributed by atoms with van der Waals surface area (Å²) in [7, 11) is 0. The van der Waals surface area contributed by atoms with Gasteiger partial charge in [0.2, 0.25) is 0 Å². The van der Waals surface area contributed by atoms with Crippen LogP contribution in [0.5, 0.6) is 0 Å². The Kier molecular flexibility index (Phi) is 45.4. The van der Waals surface area contributed by atoms with Crippen LogP contribution in [0.1, 0.15) is 239 Å². The van der Waals surface area contributed by atoms with Gasteiger partial charge in [-0.1, -0.05) is 204 Å². The Morgan fingerprint density at radius 3 is 1.25 bits per heavy atom. The van der Waals surface area contributed by atoms with Crippen molar-refractivity contribution in [2.75, 3.05) is 19.8 Å². The number of ether oxygens (including phenoxy) is 3. The molecule has 0 aliphatic carbocycles. The standard InChI is InChI=1S/C51H92O5/c1-4-7-10-13-16-19-22-25-28-31-34-37-40-43-46-54-47-49(56-51(53)45-42-39-36-33-30-27-24-21-18-15-12-9-6-3)48-55-50(52)44-41-38-35-32-29-26-23-20-17-14-11-8-5-2/h10-11,13-14,19-20,22-23,49H,4-9,12,15-18,21,24-48H2,1-3H3/b13-10-,14-11-,22-19-,23-20-. The van der Waals surface area contributed by atoms with Crippen LogP contribution < -0.4 is 0 Å². The summed E-state index contributed by atoms with van der Waals surface area (Å²) in [5.74, 6) is -0.413. The van der Waals surface area contributed by atoms with Crippen LogP contribution in [-0.2, 0) is 23.8 Å². The number of unbranched alkanes of at least 4 members (excludes halogenated alkanes) is 25. The molecule has 0 heterocycles. The summed E-state index contributed by atoms with van der Waals surface area (Å²) < 4.78 is 17.3. The lowest BCUT2D eigenvalue weighted by Crippen LogP contribution is -2.30. The lowest BCUT2D eigenvalue weighted by molar-refractivity contribution is -0.163. The molecule has 0 aromatic heterocycles. The summed E-state index contributed by atoms with van der Waals surface area (Å²) in [4.78, 5) is 25.3. The second-order valence-electron chi connectivity index (χ2n) is 16.0. The molecule has 5 nitrogen and oxygen atoms in total. The number of carbonyl (C=O) groups is 2. The Morgan fingerprint density at radius 2 is 0.786 bits per heavy atom. The van der Waals surface area contributed by atoms with Gasteiger partial charge in [0.05, 0.1) is 6.61 Å². The first kappa shape index (κ1) is 53.9. The van der Waals surface area contributed by atoms with Crippen LogP contribution >= 0.6 is 0 Å². The van der Waals surface area contributed by atoms with Crippen LogP contribution in [0.25, 0.3) is 0 Å². The van der Waals surface area contributed by atoms with Gasteiger partial charge in [0.25, 0.3) is 0 Å². The topological polar surface area (TPSA) is 61.8 Å². The summed E-state index contributed by atoms with van der Waals surface area (Å²) in [6, 6.07) is 0. The third-order valence-corrected chi connectivity index (χ3v) is 10.3. The molecule has 0 aromatic carbocycles. The maximum absolute atomic E-state index is 12.7. The smallest absolute Gasteiger partial charge is 0.306 e. The first-order valence-electron chi connectivity index (χ1n) is 24.2. The summed E-state index contributed by atoms with van der Waals surface area (Å²) in [6.45, 7) is 7.68. The first-order valence-corrected chi connectivity index (χ1v) is 24.2. The van der Waals surface area contributed by atoms with Gasteiger partial charge in [0.15, 0.2) is 6.10 Å². The highest BCUT2D eigenvalue weighted by molar-refractivity contribution is 5.70. The van der Waals surface area contributed by atoms with Crippen molar-refractivity contribution >= 4 is 11.9 Å². The highest BCUT2D eigenvalue weighted by Crippen LogP contribution is 2.15. The summed E-state index contributed by atoms with van der Waals surface area (Å²) in [6.07, 6.45) is 56.8. The number of esters is 2. The fraction of sp³-hybridized carbons (Fsp3) is 0.804. The molecule has 0 saturated carbocycles. The zero-order valence-corrected chi connectivity index (χ0v) is 37.4. The van der Waals surface area contributed by atoms with E-state index in [9.17, 15) is 9.59 Å². The maximum atomic E-state index is 12.7. The Balaban J connectivity index is 4.28. The van der Waals surface area contributed by atoms with Crippen molar-refractivity contribution in [1.29, 1.82) is 0 Å². The highest BCUT2D eigenvalue weighted by Gasteiger charge is 2.17. The zero-order chi connectivity index (χ0) is 40.7. The van der Waals surface area contributed by atoms with Crippen molar-refractivity contribution < 1.29 is 23.8 Å². The van der Waals surface area contributed by atoms with Gasteiger partial charge < -0.3 is 14.2 Å². The number of allylic oxidation sites excluding steroid dienone is 8. The Bertz CT molecular complexity index is 935. The zero-order valence-electron chi connectivity index (χ0n) is 37.4. The maximum Gasteiger partial charge on any atom is 0.306 e. The molecular weight excluding hydrogens is 693 g/mol. The fourth-order valence-electron chi connectivity index (χ4n) is 6.70. The van der Waals surface area contributed by atoms with E-state index in [2.05, 4.69) is 69.4 Å². The molecule has 1 atom stereocenters. The quantitative estimate of drug-likeness (QED) is 0.0350. The molecule has 0 bridgehead atoms. The summed E-state index contributed by atoms with van der Waals surface area (Å²) in [5, 5.41) is 0. The molecule has 0 aliphatic heterocycles. The van der Waals surface area contributed by atoms with E-state index in [1.807, 2.05) is 0 Å². The molecule has 0 fully saturated rings. The number of hydrogen-bond acceptors (Lipinski definition) is 5. The molecule has 0 spiro atoms. The molecule has 0 aliphatic rings. The van der Waals surface area contributed by atoms with Crippen molar-refractivity contribution in [3.05, 3.63) is 48.6 Å². The second-order valence-corrected chi connectivity index (χ2v) is 16.0. The molecule has 0 radical (unpaired) electrons. The molecule has 0 aromatic rings. The molecule has 0 N–H and O–H groups in total. The van der Waals surface area contributed by atoms with E-state index in [4.69, 9.17) is 14.2 Å². The fourth-order valence-corrected chi connectivity index (χ4v) is 6.70. The molecule has 5 heteroatoms. The first-order chi connectivity index (χ1) is 27.6. The van der Waals surface area contributed by atoms with Crippen molar-refractivity contribution in [3.8, 4) is 0 Å². The van der Waals surface area contributed by atoms with Crippen LogP contribution in [0.4, 0.5) is 0 Å². The van der Waals surface area contributed by atoms with Crippen LogP contribution in [-0.4, -0.2) is 37.9 Å². The van der Waals surface area contributed by atoms with Crippen molar-refractivity contribution in [1.82, 2.24) is 0 Å². The predicted molar refractivity (Wildman–Crippen MR) is 242 cm³/mol. The summed E-state index contributed by atoms with van der Waals surface area (Å²) >= 11 is 0. The lowest BCUT2D eigenvalue weighted by atomic mass is 10.0. The normalized spacial score (nSPS) is 12.6. The van der Waals surface area contributed by atoms with Crippen LogP contribution in [0, 0.1) is 0 Å². The van der Waals surface area contributed by atoms with E-state index in [-0.39, 0.29) is 25.2 Å². The number of hydrogen-bond donors (Lipinski definition) is 0. The molecule has 56 heavy (non-hydrogen) atoms. The third-order valence-electron chi connectivity index (χ3n) is 10.3. The third kappa shape index (κ3) is 44.6. The van der Waals surface area contributed by atoms with Crippen molar-refractivity contribution in [3.63, 3.8) is 0 Å². The molecule has 1 unspecified atom stereocenters. The van der Waals surface area contributed by atoms with E-state index in [1.165, 1.54) is 141 Å². The predicted octanol–water partition coefficient (Wildman–Crippen LogP) is 16.0. The largest absolute Gasteiger partial charge is 0.462 e. The van der Waals surface area contributed by atoms with Gasteiger partial charge in [-0.25, -0.2) is 0 Å². The van der Waals surface area contributed by atoms with Gasteiger partial charge in [0.1, 0.15) is 6.61 Å². The Labute approximate surface area is 348 Å². The average molecular weight is 785 g/mol. The lowest BCUT2D eigenvalue weighted by Gasteiger charge is -2.18. The van der Waals surface area contributed by atoms with E-state index in [0.29, 0.717) is 19.4 Å². The van der Waals surface area contributed by atoms with Crippen LogP contribution in [0.3, 0.4) is 0 Å². The minimum Gasteiger partial charge on any atom is -0.462 e. The van der Waals surface area contributed by atoms with E-state index in [0.717, 1.165) is 64.2 Å². The van der Waals surface area contributed by atoms with Gasteiger partial charge in [-0.2, -0.15) is 0 Å². The van der Waals surface area contributed by atoms with Gasteiger partial charge in [0, 0.05) is 19.4 Å². The average Bonchev–Trinajstić information content (AvgIpc) is 3.20. The SMILES string of the molecule is CCC/C=C\C/C=C\CCCCCCCCOCC(COC(=O)CCCCCCC/C=C\C/C=C\CCC)OC(=O)CCCCCCCCCCCCCCC. The van der Waals surface area contributed by atoms with Gasteiger partial charge in [-0.05, 0) is 70.6 Å². The second kappa shape index (κ2) is 47.2. The minimum atomic E-state index is -0.543. The molecular formula is C51H92O5. The molecule has 326 valence electrons. The van der Waals surface area contributed by atoms with Gasteiger partial charge >= 0.3 is 11.9 Å². The number of rotatable bonds is 44. The van der Waals surface area contributed by atoms with E-state index in [1.54, 1.807) is 0 Å². The molecule has 0 amide bonds. The minimum absolute atomic E-state index is 0.0760. The number of carbonyl (C=O) groups excluding carboxylic acids is 2. The van der Waals surface area contributed by atoms with E-state index >= 15 is 0 Å². The summed E-state index contributed by atoms with van der Waals surface area (Å²) in [5.41, 5.74) is 0.